The van der Waals surface area contributed by atoms with E-state index in [1.165, 1.54) is 12.1 Å². The van der Waals surface area contributed by atoms with E-state index < -0.39 is 0 Å². The van der Waals surface area contributed by atoms with E-state index in [0.29, 0.717) is 37.3 Å². The molecule has 5 aliphatic heterocycles. The average molecular weight is 466 g/mol. The molecule has 1 atom stereocenters. The van der Waals surface area contributed by atoms with Crippen molar-refractivity contribution < 1.29 is 14.7 Å². The Labute approximate surface area is 198 Å². The lowest BCUT2D eigenvalue weighted by Crippen LogP contribution is -2.53. The monoisotopic (exact) mass is 465 g/mol. The van der Waals surface area contributed by atoms with Gasteiger partial charge in [-0.25, -0.2) is 5.01 Å². The Morgan fingerprint density at radius 3 is 2.65 bits per heavy atom. The number of nitrogens with zero attached hydrogens (tertiary/aromatic N) is 4. The minimum Gasteiger partial charge on any atom is -0.506 e. The van der Waals surface area contributed by atoms with Gasteiger partial charge in [0.15, 0.2) is 0 Å². The van der Waals surface area contributed by atoms with Crippen LogP contribution in [0, 0.1) is 5.41 Å². The fourth-order valence-corrected chi connectivity index (χ4v) is 5.11. The normalized spacial score (nSPS) is 27.1. The van der Waals surface area contributed by atoms with Gasteiger partial charge in [0, 0.05) is 31.8 Å². The Kier molecular flexibility index (Phi) is 5.99. The van der Waals surface area contributed by atoms with Crippen molar-refractivity contribution in [2.45, 2.75) is 38.3 Å². The summed E-state index contributed by atoms with van der Waals surface area (Å²) in [5.74, 6) is -0.509. The maximum atomic E-state index is 13.2. The number of nitrogens with two attached hydrogens (primary N) is 1. The van der Waals surface area contributed by atoms with Gasteiger partial charge in [-0.15, -0.1) is 0 Å². The van der Waals surface area contributed by atoms with Gasteiger partial charge < -0.3 is 26.4 Å². The third-order valence-corrected chi connectivity index (χ3v) is 7.37. The number of carbonyl (C=O) groups is 2. The number of amides is 2. The topological polar surface area (TPSA) is 136 Å². The average Bonchev–Trinajstić information content (AvgIpc) is 3.34. The number of aliphatic imine (C=N–C) groups is 1. The molecule has 0 saturated carbocycles. The highest BCUT2D eigenvalue weighted by Crippen LogP contribution is 2.39. The molecule has 0 aliphatic carbocycles. The standard InChI is InChI=1S/C24H31N7O3/c25-17-13-16(1-2-20(17)32)3-8-26-22(33)18-14-19(31-21(29-18)4-9-28-31)23(34)27-15-24-5-10-30(11-6-24)12-7-24/h1-2,9,13-14,21,32H,3-8,10-12,15,25H2,(H,26,33)(H,27,34). The highest BCUT2D eigenvalue weighted by molar-refractivity contribution is 6.44. The van der Waals surface area contributed by atoms with Gasteiger partial charge >= 0.3 is 0 Å². The lowest BCUT2D eigenvalue weighted by Gasteiger charge is -2.48. The number of hydrogen-bond donors (Lipinski definition) is 4. The van der Waals surface area contributed by atoms with Crippen LogP contribution >= 0.6 is 0 Å². The Bertz CT molecular complexity index is 1060. The number of piperidine rings is 3. The van der Waals surface area contributed by atoms with Crippen LogP contribution < -0.4 is 16.4 Å². The van der Waals surface area contributed by atoms with Crippen molar-refractivity contribution >= 4 is 29.4 Å². The third kappa shape index (κ3) is 4.50. The van der Waals surface area contributed by atoms with Crippen LogP contribution in [0.5, 0.6) is 5.75 Å². The number of benzene rings is 1. The maximum Gasteiger partial charge on any atom is 0.269 e. The van der Waals surface area contributed by atoms with Gasteiger partial charge in [0.1, 0.15) is 23.3 Å². The summed E-state index contributed by atoms with van der Waals surface area (Å²) in [5, 5.41) is 21.5. The molecule has 3 saturated heterocycles. The Morgan fingerprint density at radius 2 is 1.91 bits per heavy atom. The molecule has 5 heterocycles. The molecule has 1 unspecified atom stereocenters. The number of rotatable bonds is 7. The molecule has 3 fully saturated rings. The van der Waals surface area contributed by atoms with E-state index in [0.717, 1.165) is 44.5 Å². The van der Waals surface area contributed by atoms with E-state index in [2.05, 4.69) is 25.6 Å². The number of anilines is 1. The zero-order valence-corrected chi connectivity index (χ0v) is 19.2. The number of nitrogens with one attached hydrogen (secondary N) is 2. The molecule has 5 aliphatic rings. The molecule has 0 spiro atoms. The Hall–Kier alpha value is -3.40. The summed E-state index contributed by atoms with van der Waals surface area (Å²) in [6, 6.07) is 4.99. The number of phenolic OH excluding ortho intramolecular Hbond substituents is 1. The van der Waals surface area contributed by atoms with E-state index in [9.17, 15) is 14.7 Å². The van der Waals surface area contributed by atoms with Gasteiger partial charge in [0.25, 0.3) is 11.8 Å². The number of phenols is 1. The molecule has 6 rings (SSSR count). The summed E-state index contributed by atoms with van der Waals surface area (Å²) in [4.78, 5) is 33.0. The SMILES string of the molecule is Nc1cc(CCNC(=O)C2=NC3CC=NN3C(C(=O)NCC34CCN(CC3)CC4)=C2)ccc1O. The molecule has 2 amide bonds. The van der Waals surface area contributed by atoms with Crippen molar-refractivity contribution in [1.29, 1.82) is 0 Å². The number of hydrazone groups is 1. The third-order valence-electron chi connectivity index (χ3n) is 7.37. The molecule has 34 heavy (non-hydrogen) atoms. The molecule has 10 heteroatoms. The van der Waals surface area contributed by atoms with Crippen LogP contribution in [0.4, 0.5) is 5.69 Å². The van der Waals surface area contributed by atoms with Gasteiger partial charge in [0.05, 0.1) is 5.69 Å². The van der Waals surface area contributed by atoms with E-state index in [1.54, 1.807) is 23.4 Å². The van der Waals surface area contributed by atoms with E-state index in [-0.39, 0.29) is 34.9 Å². The second kappa shape index (κ2) is 9.09. The molecular formula is C24H31N7O3. The molecule has 0 aromatic heterocycles. The first kappa shape index (κ1) is 22.4. The van der Waals surface area contributed by atoms with Crippen LogP contribution in [0.15, 0.2) is 40.1 Å². The molecule has 1 aromatic rings. The number of nitrogen functional groups attached to an aromatic ring is 1. The van der Waals surface area contributed by atoms with Gasteiger partial charge in [-0.2, -0.15) is 5.10 Å². The molecule has 10 nitrogen and oxygen atoms in total. The van der Waals surface area contributed by atoms with Gasteiger partial charge in [0.2, 0.25) is 0 Å². The lowest BCUT2D eigenvalue weighted by molar-refractivity contribution is -0.120. The van der Waals surface area contributed by atoms with Crippen LogP contribution in [0.25, 0.3) is 0 Å². The summed E-state index contributed by atoms with van der Waals surface area (Å²) >= 11 is 0. The minimum atomic E-state index is -0.375. The second-order valence-corrected chi connectivity index (χ2v) is 9.58. The van der Waals surface area contributed by atoms with E-state index >= 15 is 0 Å². The van der Waals surface area contributed by atoms with Crippen LogP contribution in [-0.4, -0.2) is 77.6 Å². The summed E-state index contributed by atoms with van der Waals surface area (Å²) in [6.07, 6.45) is 7.31. The maximum absolute atomic E-state index is 13.2. The lowest BCUT2D eigenvalue weighted by atomic mass is 9.72. The quantitative estimate of drug-likeness (QED) is 0.344. The summed E-state index contributed by atoms with van der Waals surface area (Å²) in [7, 11) is 0. The highest BCUT2D eigenvalue weighted by Gasteiger charge is 2.40. The largest absolute Gasteiger partial charge is 0.506 e. The van der Waals surface area contributed by atoms with Crippen LogP contribution in [-0.2, 0) is 16.0 Å². The molecular weight excluding hydrogens is 434 g/mol. The second-order valence-electron chi connectivity index (χ2n) is 9.58. The van der Waals surface area contributed by atoms with Crippen molar-refractivity contribution in [2.75, 3.05) is 38.5 Å². The molecule has 1 aromatic carbocycles. The number of fused-ring (bicyclic) bond motifs is 4. The first-order valence-corrected chi connectivity index (χ1v) is 11.9. The van der Waals surface area contributed by atoms with Crippen LogP contribution in [0.1, 0.15) is 31.2 Å². The van der Waals surface area contributed by atoms with Gasteiger partial charge in [-0.1, -0.05) is 6.07 Å². The van der Waals surface area contributed by atoms with Crippen molar-refractivity contribution in [3.05, 3.63) is 35.5 Å². The number of hydrogen-bond acceptors (Lipinski definition) is 8. The Balaban J connectivity index is 1.21. The van der Waals surface area contributed by atoms with Crippen molar-refractivity contribution in [2.24, 2.45) is 15.5 Å². The van der Waals surface area contributed by atoms with Crippen molar-refractivity contribution in [3.8, 4) is 5.75 Å². The fourth-order valence-electron chi connectivity index (χ4n) is 5.11. The minimum absolute atomic E-state index is 0.0390. The predicted molar refractivity (Wildman–Crippen MR) is 129 cm³/mol. The molecule has 5 N–H and O–H groups in total. The summed E-state index contributed by atoms with van der Waals surface area (Å²) < 4.78 is 0. The van der Waals surface area contributed by atoms with Crippen molar-refractivity contribution in [3.63, 3.8) is 0 Å². The first-order chi connectivity index (χ1) is 16.4. The summed E-state index contributed by atoms with van der Waals surface area (Å²) in [5.41, 5.74) is 7.70. The smallest absolute Gasteiger partial charge is 0.269 e. The molecule has 0 radical (unpaired) electrons. The first-order valence-electron chi connectivity index (χ1n) is 11.9. The Morgan fingerprint density at radius 1 is 1.15 bits per heavy atom. The van der Waals surface area contributed by atoms with Gasteiger partial charge in [-0.05, 0) is 68.4 Å². The predicted octanol–water partition coefficient (Wildman–Crippen LogP) is 0.591. The number of carbonyl (C=O) groups excluding carboxylic acids is 2. The summed E-state index contributed by atoms with van der Waals surface area (Å²) in [6.45, 7) is 4.33. The number of aromatic hydroxyl groups is 1. The van der Waals surface area contributed by atoms with E-state index in [1.807, 2.05) is 0 Å². The zero-order chi connectivity index (χ0) is 23.7. The van der Waals surface area contributed by atoms with Crippen LogP contribution in [0.2, 0.25) is 0 Å². The van der Waals surface area contributed by atoms with Crippen molar-refractivity contribution in [1.82, 2.24) is 20.5 Å². The van der Waals surface area contributed by atoms with E-state index in [4.69, 9.17) is 5.73 Å². The molecule has 180 valence electrons. The van der Waals surface area contributed by atoms with Crippen LogP contribution in [0.3, 0.4) is 0 Å². The fraction of sp³-hybridized carbons (Fsp3) is 0.500. The molecule has 2 bridgehead atoms. The zero-order valence-electron chi connectivity index (χ0n) is 19.2. The highest BCUT2D eigenvalue weighted by atomic mass is 16.3. The van der Waals surface area contributed by atoms with Gasteiger partial charge in [-0.3, -0.25) is 14.6 Å².